The number of ether oxygens (including phenoxy) is 1. The first-order valence-electron chi connectivity index (χ1n) is 11.2. The zero-order chi connectivity index (χ0) is 21.1. The van der Waals surface area contributed by atoms with Crippen molar-refractivity contribution in [3.63, 3.8) is 0 Å². The number of nitrogens with one attached hydrogen (secondary N) is 1. The molecule has 0 amide bonds. The summed E-state index contributed by atoms with van der Waals surface area (Å²) in [5.41, 5.74) is 1.25. The van der Waals surface area contributed by atoms with Crippen molar-refractivity contribution in [2.75, 3.05) is 20.6 Å². The summed E-state index contributed by atoms with van der Waals surface area (Å²) < 4.78 is 20.0. The Labute approximate surface area is 174 Å². The van der Waals surface area contributed by atoms with Gasteiger partial charge in [0.2, 0.25) is 0 Å². The Hall–Kier alpha value is -1.88. The van der Waals surface area contributed by atoms with Gasteiger partial charge in [-0.25, -0.2) is 0 Å². The Morgan fingerprint density at radius 1 is 1.03 bits per heavy atom. The summed E-state index contributed by atoms with van der Waals surface area (Å²) in [7, 11) is 3.91. The van der Waals surface area contributed by atoms with Gasteiger partial charge in [0.1, 0.15) is 5.75 Å². The van der Waals surface area contributed by atoms with E-state index in [1.54, 1.807) is 12.1 Å². The maximum atomic E-state index is 14.4. The SMILES string of the molecule is CCCCCCCCCCCC(=O)Oc1cccc2[nH]c(F)c(CCN(C)C)c12. The van der Waals surface area contributed by atoms with Crippen molar-refractivity contribution in [1.82, 2.24) is 9.88 Å². The van der Waals surface area contributed by atoms with E-state index in [0.29, 0.717) is 35.1 Å². The lowest BCUT2D eigenvalue weighted by Crippen LogP contribution is -2.15. The lowest BCUT2D eigenvalue weighted by atomic mass is 10.1. The number of unbranched alkanes of at least 4 members (excludes halogenated alkanes) is 8. The zero-order valence-corrected chi connectivity index (χ0v) is 18.4. The van der Waals surface area contributed by atoms with Gasteiger partial charge in [-0.1, -0.05) is 64.4 Å². The molecule has 2 rings (SSSR count). The molecule has 4 nitrogen and oxygen atoms in total. The number of esters is 1. The van der Waals surface area contributed by atoms with Crippen LogP contribution in [0.25, 0.3) is 10.9 Å². The predicted octanol–water partition coefficient (Wildman–Crippen LogP) is 6.24. The van der Waals surface area contributed by atoms with Crippen LogP contribution in [0.5, 0.6) is 5.75 Å². The van der Waals surface area contributed by atoms with Gasteiger partial charge in [-0.05, 0) is 39.1 Å². The number of hydrogen-bond donors (Lipinski definition) is 1. The largest absolute Gasteiger partial charge is 0.426 e. The fourth-order valence-electron chi connectivity index (χ4n) is 3.66. The number of carbonyl (C=O) groups excluding carboxylic acids is 1. The number of aromatic nitrogens is 1. The Balaban J connectivity index is 1.82. The molecule has 162 valence electrons. The number of carbonyl (C=O) groups is 1. The number of likely N-dealkylation sites (N-methyl/N-ethyl adjacent to an activating group) is 1. The van der Waals surface area contributed by atoms with Gasteiger partial charge in [0.05, 0.1) is 5.52 Å². The topological polar surface area (TPSA) is 45.3 Å². The summed E-state index contributed by atoms with van der Waals surface area (Å²) in [4.78, 5) is 17.1. The quantitative estimate of drug-likeness (QED) is 0.230. The standard InChI is InChI=1S/C24H37FN2O2/c1-4-5-6-7-8-9-10-11-12-16-22(28)29-21-15-13-14-20-23(21)19(24(25)26-20)17-18-27(2)3/h13-15,26H,4-12,16-18H2,1-3H3. The van der Waals surface area contributed by atoms with Gasteiger partial charge < -0.3 is 14.6 Å². The summed E-state index contributed by atoms with van der Waals surface area (Å²) in [6, 6.07) is 5.35. The van der Waals surface area contributed by atoms with E-state index < -0.39 is 0 Å². The van der Waals surface area contributed by atoms with Gasteiger partial charge in [0.25, 0.3) is 0 Å². The maximum Gasteiger partial charge on any atom is 0.311 e. The predicted molar refractivity (Wildman–Crippen MR) is 118 cm³/mol. The number of halogens is 1. The molecule has 0 atom stereocenters. The third-order valence-corrected chi connectivity index (χ3v) is 5.35. The molecule has 0 fully saturated rings. The van der Waals surface area contributed by atoms with E-state index in [-0.39, 0.29) is 11.9 Å². The van der Waals surface area contributed by atoms with Gasteiger partial charge in [-0.3, -0.25) is 4.79 Å². The van der Waals surface area contributed by atoms with Crippen LogP contribution in [0.15, 0.2) is 18.2 Å². The number of aromatic amines is 1. The van der Waals surface area contributed by atoms with Crippen LogP contribution in [0.1, 0.15) is 76.7 Å². The lowest BCUT2D eigenvalue weighted by Gasteiger charge is -2.10. The molecule has 1 aromatic carbocycles. The van der Waals surface area contributed by atoms with E-state index in [2.05, 4.69) is 11.9 Å². The molecule has 0 saturated carbocycles. The van der Waals surface area contributed by atoms with E-state index in [4.69, 9.17) is 4.74 Å². The van der Waals surface area contributed by atoms with E-state index in [1.165, 1.54) is 44.9 Å². The molecular weight excluding hydrogens is 367 g/mol. The molecule has 0 aliphatic rings. The van der Waals surface area contributed by atoms with Crippen LogP contribution in [-0.2, 0) is 11.2 Å². The van der Waals surface area contributed by atoms with Crippen LogP contribution < -0.4 is 4.74 Å². The highest BCUT2D eigenvalue weighted by Crippen LogP contribution is 2.31. The number of H-pyrrole nitrogens is 1. The van der Waals surface area contributed by atoms with Crippen molar-refractivity contribution in [3.05, 3.63) is 29.7 Å². The highest BCUT2D eigenvalue weighted by Gasteiger charge is 2.17. The van der Waals surface area contributed by atoms with Crippen molar-refractivity contribution >= 4 is 16.9 Å². The van der Waals surface area contributed by atoms with Crippen molar-refractivity contribution in [2.45, 2.75) is 77.6 Å². The zero-order valence-electron chi connectivity index (χ0n) is 18.4. The van der Waals surface area contributed by atoms with Crippen LogP contribution in [0.2, 0.25) is 0 Å². The minimum atomic E-state index is -0.343. The Morgan fingerprint density at radius 2 is 1.69 bits per heavy atom. The highest BCUT2D eigenvalue weighted by atomic mass is 19.1. The Morgan fingerprint density at radius 3 is 2.34 bits per heavy atom. The van der Waals surface area contributed by atoms with Gasteiger partial charge in [-0.2, -0.15) is 4.39 Å². The molecule has 29 heavy (non-hydrogen) atoms. The van der Waals surface area contributed by atoms with Crippen LogP contribution in [0.4, 0.5) is 4.39 Å². The number of fused-ring (bicyclic) bond motifs is 1. The second-order valence-corrected chi connectivity index (χ2v) is 8.20. The van der Waals surface area contributed by atoms with Crippen molar-refractivity contribution in [1.29, 1.82) is 0 Å². The molecule has 0 radical (unpaired) electrons. The fourth-order valence-corrected chi connectivity index (χ4v) is 3.66. The van der Waals surface area contributed by atoms with E-state index in [1.807, 2.05) is 25.1 Å². The molecule has 0 aliphatic carbocycles. The first-order chi connectivity index (χ1) is 14.0. The van der Waals surface area contributed by atoms with Crippen LogP contribution in [0.3, 0.4) is 0 Å². The van der Waals surface area contributed by atoms with Crippen molar-refractivity contribution in [3.8, 4) is 5.75 Å². The Kier molecular flexibility index (Phi) is 10.2. The van der Waals surface area contributed by atoms with E-state index in [9.17, 15) is 9.18 Å². The molecule has 2 aromatic rings. The number of hydrogen-bond acceptors (Lipinski definition) is 3. The summed E-state index contributed by atoms with van der Waals surface area (Å²) in [6.45, 7) is 2.96. The van der Waals surface area contributed by atoms with E-state index >= 15 is 0 Å². The normalized spacial score (nSPS) is 11.5. The van der Waals surface area contributed by atoms with Crippen molar-refractivity contribution < 1.29 is 13.9 Å². The van der Waals surface area contributed by atoms with Gasteiger partial charge >= 0.3 is 5.97 Å². The monoisotopic (exact) mass is 404 g/mol. The van der Waals surface area contributed by atoms with Crippen LogP contribution >= 0.6 is 0 Å². The number of benzene rings is 1. The highest BCUT2D eigenvalue weighted by molar-refractivity contribution is 5.91. The summed E-state index contributed by atoms with van der Waals surface area (Å²) in [5, 5.41) is 0.687. The molecular formula is C24H37FN2O2. The van der Waals surface area contributed by atoms with E-state index in [0.717, 1.165) is 19.4 Å². The average molecular weight is 405 g/mol. The van der Waals surface area contributed by atoms with Gasteiger partial charge in [0, 0.05) is 23.9 Å². The number of nitrogens with zero attached hydrogens (tertiary/aromatic N) is 1. The molecule has 1 heterocycles. The molecule has 0 saturated heterocycles. The second kappa shape index (κ2) is 12.6. The molecule has 0 spiro atoms. The molecule has 1 aromatic heterocycles. The molecule has 5 heteroatoms. The molecule has 1 N–H and O–H groups in total. The first-order valence-corrected chi connectivity index (χ1v) is 11.2. The molecule has 0 aliphatic heterocycles. The van der Waals surface area contributed by atoms with Crippen molar-refractivity contribution in [2.24, 2.45) is 0 Å². The fraction of sp³-hybridized carbons (Fsp3) is 0.625. The average Bonchev–Trinajstić information content (AvgIpc) is 3.01. The van der Waals surface area contributed by atoms with Gasteiger partial charge in [0.15, 0.2) is 5.95 Å². The summed E-state index contributed by atoms with van der Waals surface area (Å²) >= 11 is 0. The lowest BCUT2D eigenvalue weighted by molar-refractivity contribution is -0.134. The third-order valence-electron chi connectivity index (χ3n) is 5.35. The van der Waals surface area contributed by atoms with Gasteiger partial charge in [-0.15, -0.1) is 0 Å². The second-order valence-electron chi connectivity index (χ2n) is 8.20. The van der Waals surface area contributed by atoms with Crippen LogP contribution in [0, 0.1) is 5.95 Å². The number of rotatable bonds is 14. The Bertz CT molecular complexity index is 755. The molecule has 0 bridgehead atoms. The third kappa shape index (κ3) is 7.81. The summed E-state index contributed by atoms with van der Waals surface area (Å²) in [6.07, 6.45) is 11.9. The minimum Gasteiger partial charge on any atom is -0.426 e. The van der Waals surface area contributed by atoms with Crippen LogP contribution in [-0.4, -0.2) is 36.5 Å². The summed E-state index contributed by atoms with van der Waals surface area (Å²) in [5.74, 6) is -0.123. The molecule has 0 unspecified atom stereocenters. The smallest absolute Gasteiger partial charge is 0.311 e. The maximum absolute atomic E-state index is 14.4. The first kappa shape index (κ1) is 23.4. The minimum absolute atomic E-state index is 0.236.